The molecule has 0 saturated carbocycles. The van der Waals surface area contributed by atoms with Gasteiger partial charge in [-0.2, -0.15) is 0 Å². The number of nitrogens with one attached hydrogen (secondary N) is 2. The number of hydrogen-bond donors (Lipinski definition) is 2. The van der Waals surface area contributed by atoms with Crippen LogP contribution in [0.2, 0.25) is 0 Å². The summed E-state index contributed by atoms with van der Waals surface area (Å²) in [6.45, 7) is 1.46. The third-order valence-electron chi connectivity index (χ3n) is 2.92. The maximum atomic E-state index is 12.2. The lowest BCUT2D eigenvalue weighted by molar-refractivity contribution is 0.0950. The van der Waals surface area contributed by atoms with Crippen molar-refractivity contribution in [3.05, 3.63) is 52.6 Å². The number of carbonyl (C=O) groups is 1. The summed E-state index contributed by atoms with van der Waals surface area (Å²) in [5.41, 5.74) is 0.423. The van der Waals surface area contributed by atoms with Crippen molar-refractivity contribution >= 4 is 46.7 Å². The zero-order valence-corrected chi connectivity index (χ0v) is 16.3. The lowest BCUT2D eigenvalue weighted by Gasteiger charge is -2.10. The van der Waals surface area contributed by atoms with Crippen molar-refractivity contribution < 1.29 is 9.53 Å². The Bertz CT molecular complexity index is 644. The first kappa shape index (κ1) is 22.7. The van der Waals surface area contributed by atoms with Crippen molar-refractivity contribution in [1.29, 1.82) is 0 Å². The zero-order valence-electron chi connectivity index (χ0n) is 13.1. The van der Waals surface area contributed by atoms with Gasteiger partial charge in [0, 0.05) is 17.2 Å². The average molecular weight is 437 g/mol. The molecule has 2 aromatic rings. The van der Waals surface area contributed by atoms with Crippen LogP contribution in [0.4, 0.5) is 0 Å². The van der Waals surface area contributed by atoms with Gasteiger partial charge >= 0.3 is 0 Å². The summed E-state index contributed by atoms with van der Waals surface area (Å²) in [6, 6.07) is 10.8. The normalized spacial score (nSPS) is 9.42. The Morgan fingerprint density at radius 3 is 2.71 bits per heavy atom. The maximum absolute atomic E-state index is 12.2. The quantitative estimate of drug-likeness (QED) is 0.647. The molecule has 0 bridgehead atoms. The number of rotatable bonds is 7. The number of halogens is 3. The third kappa shape index (κ3) is 7.05. The van der Waals surface area contributed by atoms with Crippen LogP contribution in [0.25, 0.3) is 0 Å². The molecular formula is C16H20BrCl2N3O2. The van der Waals surface area contributed by atoms with E-state index in [0.717, 1.165) is 17.4 Å². The summed E-state index contributed by atoms with van der Waals surface area (Å²) in [6.07, 6.45) is 2.47. The highest BCUT2D eigenvalue weighted by Gasteiger charge is 2.13. The molecule has 1 aromatic heterocycles. The van der Waals surface area contributed by atoms with Gasteiger partial charge < -0.3 is 15.4 Å². The van der Waals surface area contributed by atoms with Crippen LogP contribution < -0.4 is 15.4 Å². The van der Waals surface area contributed by atoms with Crippen LogP contribution >= 0.6 is 40.7 Å². The Hall–Kier alpha value is -1.34. The third-order valence-corrected chi connectivity index (χ3v) is 3.41. The number of pyridine rings is 1. The molecule has 0 aliphatic carbocycles. The Kier molecular flexibility index (Phi) is 11.4. The van der Waals surface area contributed by atoms with E-state index in [0.29, 0.717) is 23.7 Å². The van der Waals surface area contributed by atoms with Crippen molar-refractivity contribution in [2.75, 3.05) is 20.1 Å². The molecule has 132 valence electrons. The van der Waals surface area contributed by atoms with E-state index in [1.807, 2.05) is 31.3 Å². The second-order valence-electron chi connectivity index (χ2n) is 4.63. The molecule has 1 amide bonds. The van der Waals surface area contributed by atoms with Crippen LogP contribution in [-0.4, -0.2) is 31.0 Å². The van der Waals surface area contributed by atoms with Crippen LogP contribution in [-0.2, 0) is 0 Å². The van der Waals surface area contributed by atoms with Gasteiger partial charge in [0.05, 0.1) is 0 Å². The van der Waals surface area contributed by atoms with E-state index in [4.69, 9.17) is 4.74 Å². The van der Waals surface area contributed by atoms with Gasteiger partial charge in [0.1, 0.15) is 11.3 Å². The number of nitrogens with zero attached hydrogens (tertiary/aromatic N) is 1. The van der Waals surface area contributed by atoms with Gasteiger partial charge in [-0.3, -0.25) is 4.79 Å². The Morgan fingerprint density at radius 1 is 1.21 bits per heavy atom. The topological polar surface area (TPSA) is 63.2 Å². The van der Waals surface area contributed by atoms with Gasteiger partial charge in [0.15, 0.2) is 0 Å². The molecule has 0 saturated heterocycles. The molecule has 24 heavy (non-hydrogen) atoms. The fourth-order valence-electron chi connectivity index (χ4n) is 1.85. The second kappa shape index (κ2) is 12.1. The molecule has 0 atom stereocenters. The fourth-order valence-corrected chi connectivity index (χ4v) is 2.23. The molecule has 0 unspecified atom stereocenters. The maximum Gasteiger partial charge on any atom is 0.256 e. The van der Waals surface area contributed by atoms with Gasteiger partial charge in [0.2, 0.25) is 5.88 Å². The number of ether oxygens (including phenoxy) is 1. The number of aromatic nitrogens is 1. The van der Waals surface area contributed by atoms with E-state index >= 15 is 0 Å². The number of amides is 1. The molecule has 0 radical (unpaired) electrons. The van der Waals surface area contributed by atoms with Crippen molar-refractivity contribution in [3.8, 4) is 11.6 Å². The predicted octanol–water partition coefficient (Wildman–Crippen LogP) is 3.82. The van der Waals surface area contributed by atoms with E-state index in [9.17, 15) is 4.79 Å². The summed E-state index contributed by atoms with van der Waals surface area (Å²) in [5.74, 6) is 0.734. The number of carbonyl (C=O) groups excluding carboxylic acids is 1. The Balaban J connectivity index is 0.00000264. The van der Waals surface area contributed by atoms with Crippen LogP contribution in [0.3, 0.4) is 0 Å². The molecule has 1 heterocycles. The molecule has 1 aromatic carbocycles. The largest absolute Gasteiger partial charge is 0.438 e. The van der Waals surface area contributed by atoms with Crippen LogP contribution in [0, 0.1) is 0 Å². The summed E-state index contributed by atoms with van der Waals surface area (Å²) in [7, 11) is 1.88. The van der Waals surface area contributed by atoms with Crippen LogP contribution in [0.5, 0.6) is 11.6 Å². The summed E-state index contributed by atoms with van der Waals surface area (Å²) in [5, 5.41) is 5.90. The first-order valence-electron chi connectivity index (χ1n) is 7.02. The van der Waals surface area contributed by atoms with E-state index in [-0.39, 0.29) is 30.7 Å². The van der Waals surface area contributed by atoms with E-state index in [1.54, 1.807) is 18.3 Å². The highest BCUT2D eigenvalue weighted by Crippen LogP contribution is 2.25. The van der Waals surface area contributed by atoms with Gasteiger partial charge in [-0.1, -0.05) is 22.0 Å². The molecule has 2 N–H and O–H groups in total. The number of hydrogen-bond acceptors (Lipinski definition) is 4. The molecule has 2 rings (SSSR count). The van der Waals surface area contributed by atoms with Gasteiger partial charge in [0.25, 0.3) is 5.91 Å². The zero-order chi connectivity index (χ0) is 15.8. The monoisotopic (exact) mass is 435 g/mol. The molecule has 0 fully saturated rings. The summed E-state index contributed by atoms with van der Waals surface area (Å²) in [4.78, 5) is 16.4. The van der Waals surface area contributed by atoms with Crippen molar-refractivity contribution in [3.63, 3.8) is 0 Å². The van der Waals surface area contributed by atoms with E-state index < -0.39 is 0 Å². The fraction of sp³-hybridized carbons (Fsp3) is 0.250. The second-order valence-corrected chi connectivity index (χ2v) is 5.54. The van der Waals surface area contributed by atoms with Gasteiger partial charge in [-0.15, -0.1) is 24.8 Å². The Morgan fingerprint density at radius 2 is 2.00 bits per heavy atom. The van der Waals surface area contributed by atoms with Gasteiger partial charge in [-0.05, 0) is 50.3 Å². The highest BCUT2D eigenvalue weighted by atomic mass is 79.9. The first-order chi connectivity index (χ1) is 10.7. The predicted molar refractivity (Wildman–Crippen MR) is 104 cm³/mol. The van der Waals surface area contributed by atoms with Crippen molar-refractivity contribution in [1.82, 2.24) is 15.6 Å². The Labute approximate surface area is 162 Å². The van der Waals surface area contributed by atoms with Crippen molar-refractivity contribution in [2.45, 2.75) is 6.42 Å². The smallest absolute Gasteiger partial charge is 0.256 e. The SMILES string of the molecule is CNCCCNC(=O)c1cccnc1Oc1cccc(Br)c1.Cl.Cl. The summed E-state index contributed by atoms with van der Waals surface area (Å²) >= 11 is 3.39. The summed E-state index contributed by atoms with van der Waals surface area (Å²) < 4.78 is 6.63. The minimum absolute atomic E-state index is 0. The molecule has 8 heteroatoms. The molecule has 0 spiro atoms. The van der Waals surface area contributed by atoms with Crippen LogP contribution in [0.1, 0.15) is 16.8 Å². The molecular weight excluding hydrogens is 417 g/mol. The first-order valence-corrected chi connectivity index (χ1v) is 7.81. The van der Waals surface area contributed by atoms with E-state index in [2.05, 4.69) is 31.5 Å². The minimum Gasteiger partial charge on any atom is -0.438 e. The lowest BCUT2D eigenvalue weighted by atomic mass is 10.2. The molecule has 5 nitrogen and oxygen atoms in total. The van der Waals surface area contributed by atoms with Crippen molar-refractivity contribution in [2.24, 2.45) is 0 Å². The van der Waals surface area contributed by atoms with E-state index in [1.165, 1.54) is 0 Å². The number of benzene rings is 1. The molecule has 0 aliphatic heterocycles. The minimum atomic E-state index is -0.186. The highest BCUT2D eigenvalue weighted by molar-refractivity contribution is 9.10. The standard InChI is InChI=1S/C16H18BrN3O2.2ClH/c1-18-8-4-10-19-15(21)14-7-3-9-20-16(14)22-13-6-2-5-12(17)11-13;;/h2-3,5-7,9,11,18H,4,8,10H2,1H3,(H,19,21);2*1H. The molecule has 0 aliphatic rings. The van der Waals surface area contributed by atoms with Gasteiger partial charge in [-0.25, -0.2) is 4.98 Å². The average Bonchev–Trinajstić information content (AvgIpc) is 2.52. The van der Waals surface area contributed by atoms with Crippen LogP contribution in [0.15, 0.2) is 47.1 Å². The lowest BCUT2D eigenvalue weighted by Crippen LogP contribution is -2.27.